The van der Waals surface area contributed by atoms with Gasteiger partial charge in [0.25, 0.3) is 15.9 Å². The molecule has 1 saturated heterocycles. The molecule has 1 amide bonds. The second-order valence-electron chi connectivity index (χ2n) is 8.31. The Morgan fingerprint density at radius 3 is 2.58 bits per heavy atom. The number of rotatable bonds is 4. The Kier molecular flexibility index (Phi) is 6.23. The van der Waals surface area contributed by atoms with Crippen LogP contribution >= 0.6 is 23.2 Å². The molecule has 2 unspecified atom stereocenters. The molecule has 2 N–H and O–H groups in total. The largest absolute Gasteiger partial charge is 0.389 e. The van der Waals surface area contributed by atoms with Crippen LogP contribution in [-0.2, 0) is 10.0 Å². The van der Waals surface area contributed by atoms with Crippen LogP contribution in [0.2, 0.25) is 10.0 Å². The zero-order valence-electron chi connectivity index (χ0n) is 16.9. The standard InChI is InChI=1S/C22H24Cl2N2O4S/c23-17-5-7-18(8-6-17)25-31(29,30)20-13-15(4-9-19(20)24)21(27)26-12-11-22(28)10-2-1-3-16(22)14-26/h4-9,13,16,25,28H,1-3,10-12,14H2. The van der Waals surface area contributed by atoms with Crippen LogP contribution in [0.25, 0.3) is 0 Å². The third kappa shape index (κ3) is 4.70. The van der Waals surface area contributed by atoms with Crippen molar-refractivity contribution in [3.63, 3.8) is 0 Å². The van der Waals surface area contributed by atoms with Gasteiger partial charge in [-0.2, -0.15) is 0 Å². The zero-order valence-corrected chi connectivity index (χ0v) is 19.2. The van der Waals surface area contributed by atoms with Crippen molar-refractivity contribution in [2.24, 2.45) is 5.92 Å². The quantitative estimate of drug-likeness (QED) is 0.668. The number of hydrogen-bond donors (Lipinski definition) is 2. The van der Waals surface area contributed by atoms with E-state index in [1.807, 2.05) is 0 Å². The highest BCUT2D eigenvalue weighted by Gasteiger charge is 2.43. The maximum absolute atomic E-state index is 13.1. The number of amides is 1. The van der Waals surface area contributed by atoms with Crippen molar-refractivity contribution in [1.82, 2.24) is 4.90 Å². The summed E-state index contributed by atoms with van der Waals surface area (Å²) in [4.78, 5) is 14.7. The molecule has 0 aromatic heterocycles. The topological polar surface area (TPSA) is 86.7 Å². The lowest BCUT2D eigenvalue weighted by atomic mass is 9.71. The Bertz CT molecular complexity index is 1090. The van der Waals surface area contributed by atoms with Crippen molar-refractivity contribution < 1.29 is 18.3 Å². The minimum Gasteiger partial charge on any atom is -0.389 e. The molecule has 0 spiro atoms. The van der Waals surface area contributed by atoms with Crippen LogP contribution in [0.15, 0.2) is 47.4 Å². The molecule has 1 aliphatic carbocycles. The van der Waals surface area contributed by atoms with E-state index in [0.717, 1.165) is 25.7 Å². The molecule has 2 fully saturated rings. The van der Waals surface area contributed by atoms with Crippen molar-refractivity contribution in [1.29, 1.82) is 0 Å². The van der Waals surface area contributed by atoms with E-state index >= 15 is 0 Å². The third-order valence-corrected chi connectivity index (χ3v) is 8.39. The summed E-state index contributed by atoms with van der Waals surface area (Å²) in [5, 5.41) is 11.4. The summed E-state index contributed by atoms with van der Waals surface area (Å²) >= 11 is 12.0. The van der Waals surface area contributed by atoms with Crippen LogP contribution in [0.1, 0.15) is 42.5 Å². The number of anilines is 1. The fourth-order valence-corrected chi connectivity index (χ4v) is 6.22. The fourth-order valence-electron chi connectivity index (χ4n) is 4.51. The first-order valence-corrected chi connectivity index (χ1v) is 12.5. The van der Waals surface area contributed by atoms with E-state index < -0.39 is 15.6 Å². The highest BCUT2D eigenvalue weighted by molar-refractivity contribution is 7.92. The lowest BCUT2D eigenvalue weighted by Crippen LogP contribution is -2.54. The van der Waals surface area contributed by atoms with Gasteiger partial charge in [0.05, 0.1) is 10.6 Å². The second kappa shape index (κ2) is 8.62. The molecule has 1 saturated carbocycles. The van der Waals surface area contributed by atoms with Gasteiger partial charge in [-0.1, -0.05) is 36.0 Å². The van der Waals surface area contributed by atoms with Gasteiger partial charge in [-0.3, -0.25) is 9.52 Å². The molecular weight excluding hydrogens is 459 g/mol. The number of hydrogen-bond acceptors (Lipinski definition) is 4. The number of carbonyl (C=O) groups excluding carboxylic acids is 1. The molecular formula is C22H24Cl2N2O4S. The summed E-state index contributed by atoms with van der Waals surface area (Å²) in [5.74, 6) is -0.201. The van der Waals surface area contributed by atoms with Crippen LogP contribution < -0.4 is 4.72 Å². The molecule has 9 heteroatoms. The maximum Gasteiger partial charge on any atom is 0.263 e. The molecule has 0 bridgehead atoms. The van der Waals surface area contributed by atoms with E-state index in [4.69, 9.17) is 23.2 Å². The number of fused-ring (bicyclic) bond motifs is 1. The predicted molar refractivity (Wildman–Crippen MR) is 121 cm³/mol. The van der Waals surface area contributed by atoms with Gasteiger partial charge in [-0.15, -0.1) is 0 Å². The van der Waals surface area contributed by atoms with E-state index in [-0.39, 0.29) is 27.3 Å². The summed E-state index contributed by atoms with van der Waals surface area (Å²) in [6.07, 6.45) is 4.28. The molecule has 6 nitrogen and oxygen atoms in total. The number of aliphatic hydroxyl groups is 1. The van der Waals surface area contributed by atoms with Gasteiger partial charge in [0.15, 0.2) is 0 Å². The lowest BCUT2D eigenvalue weighted by molar-refractivity contribution is -0.0886. The first-order valence-electron chi connectivity index (χ1n) is 10.3. The molecule has 2 aromatic rings. The van der Waals surface area contributed by atoms with Gasteiger partial charge in [0, 0.05) is 35.3 Å². The molecule has 31 heavy (non-hydrogen) atoms. The van der Waals surface area contributed by atoms with Crippen molar-refractivity contribution >= 4 is 44.8 Å². The molecule has 1 aliphatic heterocycles. The maximum atomic E-state index is 13.1. The van der Waals surface area contributed by atoms with Crippen LogP contribution in [-0.4, -0.2) is 43.0 Å². The van der Waals surface area contributed by atoms with E-state index in [9.17, 15) is 18.3 Å². The SMILES string of the molecule is O=C(c1ccc(Cl)c(S(=O)(=O)Nc2ccc(Cl)cc2)c1)N1CCC2(O)CCCCC2C1. The number of halogens is 2. The summed E-state index contributed by atoms with van der Waals surface area (Å²) in [7, 11) is -4.01. The molecule has 166 valence electrons. The summed E-state index contributed by atoms with van der Waals surface area (Å²) < 4.78 is 28.3. The highest BCUT2D eigenvalue weighted by atomic mass is 35.5. The van der Waals surface area contributed by atoms with Crippen molar-refractivity contribution in [3.8, 4) is 0 Å². The average Bonchev–Trinajstić information content (AvgIpc) is 2.74. The molecule has 2 aromatic carbocycles. The van der Waals surface area contributed by atoms with Crippen LogP contribution in [0.3, 0.4) is 0 Å². The first-order chi connectivity index (χ1) is 14.7. The third-order valence-electron chi connectivity index (χ3n) is 6.28. The average molecular weight is 483 g/mol. The van der Waals surface area contributed by atoms with Crippen molar-refractivity contribution in [2.45, 2.75) is 42.6 Å². The number of nitrogens with one attached hydrogen (secondary N) is 1. The second-order valence-corrected chi connectivity index (χ2v) is 10.8. The van der Waals surface area contributed by atoms with Gasteiger partial charge in [-0.25, -0.2) is 8.42 Å². The van der Waals surface area contributed by atoms with Gasteiger partial charge >= 0.3 is 0 Å². The summed E-state index contributed by atoms with van der Waals surface area (Å²) in [6.45, 7) is 0.919. The Hall–Kier alpha value is -1.80. The minimum absolute atomic E-state index is 0.0262. The van der Waals surface area contributed by atoms with Crippen molar-refractivity contribution in [2.75, 3.05) is 17.8 Å². The predicted octanol–water partition coefficient (Wildman–Crippen LogP) is 4.56. The summed E-state index contributed by atoms with van der Waals surface area (Å²) in [6, 6.07) is 10.5. The molecule has 0 radical (unpaired) electrons. The van der Waals surface area contributed by atoms with Gasteiger partial charge < -0.3 is 10.0 Å². The van der Waals surface area contributed by atoms with E-state index in [2.05, 4.69) is 4.72 Å². The zero-order chi connectivity index (χ0) is 22.2. The van der Waals surface area contributed by atoms with Crippen LogP contribution in [0, 0.1) is 5.92 Å². The van der Waals surface area contributed by atoms with E-state index in [1.54, 1.807) is 29.2 Å². The van der Waals surface area contributed by atoms with Crippen LogP contribution in [0.5, 0.6) is 0 Å². The number of likely N-dealkylation sites (tertiary alicyclic amines) is 1. The first kappa shape index (κ1) is 22.4. The Morgan fingerprint density at radius 1 is 1.10 bits per heavy atom. The normalized spacial score (nSPS) is 23.8. The molecule has 1 heterocycles. The molecule has 4 rings (SSSR count). The lowest BCUT2D eigenvalue weighted by Gasteiger charge is -2.47. The number of piperidine rings is 1. The minimum atomic E-state index is -4.01. The van der Waals surface area contributed by atoms with Gasteiger partial charge in [0.1, 0.15) is 4.90 Å². The molecule has 2 atom stereocenters. The van der Waals surface area contributed by atoms with E-state index in [0.29, 0.717) is 30.2 Å². The number of nitrogens with zero attached hydrogens (tertiary/aromatic N) is 1. The Labute approximate surface area is 192 Å². The highest BCUT2D eigenvalue weighted by Crippen LogP contribution is 2.40. The smallest absolute Gasteiger partial charge is 0.263 e. The number of sulfonamides is 1. The van der Waals surface area contributed by atoms with Crippen molar-refractivity contribution in [3.05, 3.63) is 58.1 Å². The van der Waals surface area contributed by atoms with Gasteiger partial charge in [-0.05, 0) is 61.7 Å². The fraction of sp³-hybridized carbons (Fsp3) is 0.409. The van der Waals surface area contributed by atoms with Gasteiger partial charge in [0.2, 0.25) is 0 Å². The van der Waals surface area contributed by atoms with E-state index in [1.165, 1.54) is 18.2 Å². The molecule has 2 aliphatic rings. The Morgan fingerprint density at radius 2 is 1.84 bits per heavy atom. The Balaban J connectivity index is 1.56. The number of carbonyl (C=O) groups is 1. The number of benzene rings is 2. The monoisotopic (exact) mass is 482 g/mol. The summed E-state index contributed by atoms with van der Waals surface area (Å²) in [5.41, 5.74) is -0.0987. The van der Waals surface area contributed by atoms with Crippen LogP contribution in [0.4, 0.5) is 5.69 Å².